The van der Waals surface area contributed by atoms with E-state index in [-0.39, 0.29) is 25.0 Å². The van der Waals surface area contributed by atoms with Crippen molar-refractivity contribution < 1.29 is 28.5 Å². The van der Waals surface area contributed by atoms with Gasteiger partial charge in [0.25, 0.3) is 0 Å². The molecule has 0 bridgehead atoms. The summed E-state index contributed by atoms with van der Waals surface area (Å²) < 4.78 is 26.5. The number of pyridine rings is 4. The Labute approximate surface area is 305 Å². The molecule has 0 aliphatic carbocycles. The van der Waals surface area contributed by atoms with Gasteiger partial charge in [-0.15, -0.1) is 102 Å². The number of rotatable bonds is 2. The zero-order valence-electron chi connectivity index (χ0n) is 27.1. The quantitative estimate of drug-likeness (QED) is 0.128. The zero-order valence-corrected chi connectivity index (χ0v) is 30.3. The molecule has 0 spiro atoms. The first-order valence-electron chi connectivity index (χ1n) is 15.6. The van der Waals surface area contributed by atoms with Crippen LogP contribution in [-0.4, -0.2) is 28.4 Å². The molecule has 0 unspecified atom stereocenters. The second-order valence-corrected chi connectivity index (χ2v) is 13.2. The smallest absolute Gasteiger partial charge is 0.305 e. The van der Waals surface area contributed by atoms with Crippen LogP contribution in [0.3, 0.4) is 0 Å². The normalized spacial score (nSPS) is 12.0. The van der Waals surface area contributed by atoms with E-state index in [1.807, 2.05) is 111 Å². The summed E-state index contributed by atoms with van der Waals surface area (Å²) in [6.07, 6.45) is 5.31. The minimum Gasteiger partial charge on any atom is -0.305 e. The molecule has 9 rings (SSSR count). The molecular weight excluding hydrogens is 817 g/mol. The summed E-state index contributed by atoms with van der Waals surface area (Å²) in [4.78, 5) is 18.0. The molecule has 4 aromatic carbocycles. The first-order valence-corrected chi connectivity index (χ1v) is 17.1. The molecule has 50 heavy (non-hydrogen) atoms. The van der Waals surface area contributed by atoms with E-state index in [4.69, 9.17) is 0 Å². The predicted octanol–water partition coefficient (Wildman–Crippen LogP) is 9.11. The summed E-state index contributed by atoms with van der Waals surface area (Å²) in [5.74, 6) is 0. The average Bonchev–Trinajstić information content (AvgIpc) is 3.16. The SMILES string of the molecule is Cc1cc2c(cc3c4c(nccc42)-c2[c-]cccc2S3(=O)=O)c(C)n1.[Ir+3].[c-]1ccccc1-c1ccccn1.[c-]1ccccc1-c1ccccn1. The van der Waals surface area contributed by atoms with Crippen LogP contribution in [0, 0.1) is 32.0 Å². The van der Waals surface area contributed by atoms with E-state index >= 15 is 0 Å². The molecule has 0 saturated heterocycles. The Balaban J connectivity index is 0.000000145. The van der Waals surface area contributed by atoms with Crippen molar-refractivity contribution in [3.8, 4) is 33.8 Å². The van der Waals surface area contributed by atoms with Crippen LogP contribution in [0.1, 0.15) is 11.4 Å². The molecule has 6 nitrogen and oxygen atoms in total. The zero-order chi connectivity index (χ0) is 33.8. The Morgan fingerprint density at radius 2 is 1.18 bits per heavy atom. The van der Waals surface area contributed by atoms with Gasteiger partial charge in [0.2, 0.25) is 0 Å². The summed E-state index contributed by atoms with van der Waals surface area (Å²) >= 11 is 0. The largest absolute Gasteiger partial charge is 3.00 e. The second kappa shape index (κ2) is 15.0. The summed E-state index contributed by atoms with van der Waals surface area (Å²) in [7, 11) is -3.63. The molecule has 0 N–H and O–H groups in total. The minimum absolute atomic E-state index is 0. The van der Waals surface area contributed by atoms with Crippen LogP contribution < -0.4 is 0 Å². The van der Waals surface area contributed by atoms with Gasteiger partial charge in [-0.25, -0.2) is 8.42 Å². The molecule has 0 fully saturated rings. The third kappa shape index (κ3) is 6.87. The van der Waals surface area contributed by atoms with Gasteiger partial charge in [-0.05, 0) is 82.3 Å². The van der Waals surface area contributed by atoms with Crippen molar-refractivity contribution in [2.24, 2.45) is 0 Å². The number of hydrogen-bond donors (Lipinski definition) is 0. The van der Waals surface area contributed by atoms with Crippen LogP contribution in [-0.2, 0) is 29.9 Å². The standard InChI is InChI=1S/C20H13N2O2S.2C11H8N.Ir/c1-11-9-16-13-7-8-21-20-14-5-3-4-6-17(14)25(23,24)18(19(13)20)10-15(16)12(2)22-11;2*1-2-6-10(7-3-1)11-8-4-5-9-12-11;/h3-4,6-10H,1-2H3;2*1-6,8-9H;/q3*-1;+3. The molecule has 8 heteroatoms. The van der Waals surface area contributed by atoms with E-state index in [9.17, 15) is 8.42 Å². The van der Waals surface area contributed by atoms with Crippen LogP contribution in [0.15, 0.2) is 150 Å². The van der Waals surface area contributed by atoms with Gasteiger partial charge in [0.15, 0.2) is 9.84 Å². The maximum Gasteiger partial charge on any atom is 3.00 e. The van der Waals surface area contributed by atoms with Crippen molar-refractivity contribution in [1.29, 1.82) is 0 Å². The van der Waals surface area contributed by atoms with E-state index in [2.05, 4.69) is 38.1 Å². The van der Waals surface area contributed by atoms with Gasteiger partial charge in [0.05, 0.1) is 4.90 Å². The number of fused-ring (bicyclic) bond motifs is 4. The van der Waals surface area contributed by atoms with Crippen LogP contribution in [0.4, 0.5) is 0 Å². The van der Waals surface area contributed by atoms with Crippen molar-refractivity contribution in [2.45, 2.75) is 23.6 Å². The van der Waals surface area contributed by atoms with Crippen LogP contribution in [0.5, 0.6) is 0 Å². The third-order valence-electron chi connectivity index (χ3n) is 8.07. The number of nitrogens with zero attached hydrogens (tertiary/aromatic N) is 4. The number of aromatic nitrogens is 4. The second-order valence-electron chi connectivity index (χ2n) is 11.3. The summed E-state index contributed by atoms with van der Waals surface area (Å²) in [6.45, 7) is 3.85. The van der Waals surface area contributed by atoms with Crippen molar-refractivity contribution in [3.05, 3.63) is 170 Å². The number of hydrogen-bond acceptors (Lipinski definition) is 6. The van der Waals surface area contributed by atoms with Crippen LogP contribution in [0.25, 0.3) is 55.3 Å². The van der Waals surface area contributed by atoms with E-state index in [1.165, 1.54) is 0 Å². The number of benzene rings is 4. The van der Waals surface area contributed by atoms with Crippen molar-refractivity contribution in [2.75, 3.05) is 0 Å². The van der Waals surface area contributed by atoms with Gasteiger partial charge in [0, 0.05) is 35.4 Å². The fourth-order valence-corrected chi connectivity index (χ4v) is 7.55. The van der Waals surface area contributed by atoms with Crippen molar-refractivity contribution >= 4 is 31.4 Å². The Morgan fingerprint density at radius 3 is 1.76 bits per heavy atom. The van der Waals surface area contributed by atoms with Crippen LogP contribution in [0.2, 0.25) is 0 Å². The molecule has 0 amide bonds. The van der Waals surface area contributed by atoms with Gasteiger partial charge < -0.3 is 15.0 Å². The molecule has 0 saturated carbocycles. The minimum atomic E-state index is -3.63. The van der Waals surface area contributed by atoms with Crippen LogP contribution >= 0.6 is 0 Å². The molecule has 1 aliphatic heterocycles. The van der Waals surface area contributed by atoms with Gasteiger partial charge in [0.1, 0.15) is 0 Å². The summed E-state index contributed by atoms with van der Waals surface area (Å²) in [5, 5.41) is 3.42. The summed E-state index contributed by atoms with van der Waals surface area (Å²) in [6, 6.07) is 47.4. The predicted molar refractivity (Wildman–Crippen MR) is 193 cm³/mol. The maximum atomic E-state index is 13.2. The monoisotopic (exact) mass is 846 g/mol. The maximum absolute atomic E-state index is 13.2. The van der Waals surface area contributed by atoms with Gasteiger partial charge in [-0.2, -0.15) is 0 Å². The van der Waals surface area contributed by atoms with Crippen molar-refractivity contribution in [3.63, 3.8) is 0 Å². The Bertz CT molecular complexity index is 2370. The fourth-order valence-electron chi connectivity index (χ4n) is 5.88. The average molecular weight is 846 g/mol. The Hall–Kier alpha value is -5.40. The molecule has 4 aromatic heterocycles. The molecule has 1 aliphatic rings. The molecular formula is C42H29IrN4O2S. The van der Waals surface area contributed by atoms with E-state index in [0.29, 0.717) is 21.5 Å². The van der Waals surface area contributed by atoms with Gasteiger partial charge >= 0.3 is 20.1 Å². The first-order chi connectivity index (χ1) is 23.9. The van der Waals surface area contributed by atoms with Crippen molar-refractivity contribution in [1.82, 2.24) is 19.9 Å². The third-order valence-corrected chi connectivity index (χ3v) is 9.89. The van der Waals surface area contributed by atoms with E-state index in [0.717, 1.165) is 50.1 Å². The molecule has 0 atom stereocenters. The Kier molecular flexibility index (Phi) is 10.3. The topological polar surface area (TPSA) is 85.7 Å². The molecule has 5 heterocycles. The fraction of sp³-hybridized carbons (Fsp3) is 0.0476. The van der Waals surface area contributed by atoms with Gasteiger partial charge in [-0.3, -0.25) is 4.98 Å². The van der Waals surface area contributed by atoms with E-state index in [1.54, 1.807) is 42.9 Å². The Morgan fingerprint density at radius 1 is 0.560 bits per heavy atom. The molecule has 8 aromatic rings. The number of sulfone groups is 1. The summed E-state index contributed by atoms with van der Waals surface area (Å²) in [5.41, 5.74) is 6.97. The molecule has 244 valence electrons. The first kappa shape index (κ1) is 34.5. The van der Waals surface area contributed by atoms with Gasteiger partial charge in [-0.1, -0.05) is 24.3 Å². The van der Waals surface area contributed by atoms with E-state index < -0.39 is 9.84 Å². The molecule has 0 radical (unpaired) electrons. The number of aryl methyl sites for hydroxylation is 2.